The van der Waals surface area contributed by atoms with Gasteiger partial charge in [0.25, 0.3) is 0 Å². The molecule has 5 heteroatoms. The average molecular weight is 379 g/mol. The van der Waals surface area contributed by atoms with Crippen LogP contribution in [0, 0.1) is 13.8 Å². The maximum atomic E-state index is 6.16. The molecule has 27 heavy (non-hydrogen) atoms. The van der Waals surface area contributed by atoms with E-state index in [4.69, 9.17) is 22.3 Å². The summed E-state index contributed by atoms with van der Waals surface area (Å²) in [4.78, 5) is 11.7. The Morgan fingerprint density at radius 1 is 1.11 bits per heavy atom. The van der Waals surface area contributed by atoms with E-state index < -0.39 is 0 Å². The first-order chi connectivity index (χ1) is 12.9. The van der Waals surface area contributed by atoms with Gasteiger partial charge >= 0.3 is 0 Å². The lowest BCUT2D eigenvalue weighted by Gasteiger charge is -2.36. The zero-order valence-corrected chi connectivity index (χ0v) is 16.6. The number of rotatable bonds is 2. The molecule has 138 valence electrons. The summed E-state index contributed by atoms with van der Waals surface area (Å²) in [6.07, 6.45) is 0.933. The van der Waals surface area contributed by atoms with Gasteiger partial charge in [-0.15, -0.1) is 0 Å². The van der Waals surface area contributed by atoms with Crippen LogP contribution in [0.15, 0.2) is 42.5 Å². The Labute approximate surface area is 165 Å². The Kier molecular flexibility index (Phi) is 4.52. The lowest BCUT2D eigenvalue weighted by Crippen LogP contribution is -2.34. The molecule has 1 aromatic heterocycles. The van der Waals surface area contributed by atoms with E-state index in [-0.39, 0.29) is 6.04 Å². The van der Waals surface area contributed by atoms with Crippen molar-refractivity contribution in [1.82, 2.24) is 9.97 Å². The van der Waals surface area contributed by atoms with Gasteiger partial charge in [0.2, 0.25) is 0 Å². The van der Waals surface area contributed by atoms with E-state index in [9.17, 15) is 0 Å². The Morgan fingerprint density at radius 2 is 1.93 bits per heavy atom. The fraction of sp³-hybridized carbons (Fsp3) is 0.273. The van der Waals surface area contributed by atoms with Crippen molar-refractivity contribution in [3.8, 4) is 11.4 Å². The highest BCUT2D eigenvalue weighted by Crippen LogP contribution is 2.35. The Bertz CT molecular complexity index is 1020. The predicted octanol–water partition coefficient (Wildman–Crippen LogP) is 5.12. The molecular formula is C22H23ClN4. The highest BCUT2D eigenvalue weighted by molar-refractivity contribution is 6.30. The van der Waals surface area contributed by atoms with Crippen LogP contribution in [0.4, 0.5) is 11.6 Å². The van der Waals surface area contributed by atoms with Crippen molar-refractivity contribution in [3.63, 3.8) is 0 Å². The monoisotopic (exact) mass is 378 g/mol. The molecule has 0 bridgehead atoms. The Hall–Kier alpha value is -2.59. The van der Waals surface area contributed by atoms with Gasteiger partial charge in [-0.3, -0.25) is 0 Å². The lowest BCUT2D eigenvalue weighted by atomic mass is 9.93. The standard InChI is InChI=1S/C22H23ClN4/c1-13-5-4-6-18(14(13)2)22-25-20(24)12-21(26-22)27-10-9-16-11-17(23)7-8-19(16)15(27)3/h4-8,11-12,15H,9-10H2,1-3H3,(H2,24,25,26). The summed E-state index contributed by atoms with van der Waals surface area (Å²) in [5.41, 5.74) is 12.2. The van der Waals surface area contributed by atoms with Crippen molar-refractivity contribution >= 4 is 23.2 Å². The topological polar surface area (TPSA) is 55.0 Å². The van der Waals surface area contributed by atoms with Gasteiger partial charge in [0.1, 0.15) is 11.6 Å². The maximum absolute atomic E-state index is 6.16. The van der Waals surface area contributed by atoms with E-state index in [0.717, 1.165) is 29.4 Å². The molecule has 4 nitrogen and oxygen atoms in total. The minimum atomic E-state index is 0.201. The van der Waals surface area contributed by atoms with Gasteiger partial charge in [-0.05, 0) is 61.6 Å². The van der Waals surface area contributed by atoms with Crippen LogP contribution in [-0.4, -0.2) is 16.5 Å². The summed E-state index contributed by atoms with van der Waals surface area (Å²) >= 11 is 6.16. The summed E-state index contributed by atoms with van der Waals surface area (Å²) in [5.74, 6) is 2.04. The largest absolute Gasteiger partial charge is 0.384 e. The molecule has 0 spiro atoms. The van der Waals surface area contributed by atoms with Gasteiger partial charge in [0.05, 0.1) is 6.04 Å². The first-order valence-corrected chi connectivity index (χ1v) is 9.58. The minimum absolute atomic E-state index is 0.201. The fourth-order valence-electron chi connectivity index (χ4n) is 3.83. The zero-order valence-electron chi connectivity index (χ0n) is 15.8. The normalized spacial score (nSPS) is 16.3. The molecule has 4 rings (SSSR count). The number of halogens is 1. The van der Waals surface area contributed by atoms with E-state index >= 15 is 0 Å². The second-order valence-corrected chi connectivity index (χ2v) is 7.62. The first kappa shape index (κ1) is 17.8. The van der Waals surface area contributed by atoms with Crippen LogP contribution in [-0.2, 0) is 6.42 Å². The number of hydrogen-bond donors (Lipinski definition) is 1. The number of benzene rings is 2. The maximum Gasteiger partial charge on any atom is 0.164 e. The van der Waals surface area contributed by atoms with Crippen molar-refractivity contribution in [2.75, 3.05) is 17.2 Å². The van der Waals surface area contributed by atoms with Gasteiger partial charge in [0, 0.05) is 23.2 Å². The number of fused-ring (bicyclic) bond motifs is 1. The van der Waals surface area contributed by atoms with Crippen LogP contribution in [0.3, 0.4) is 0 Å². The van der Waals surface area contributed by atoms with Gasteiger partial charge in [-0.2, -0.15) is 0 Å². The predicted molar refractivity (Wildman–Crippen MR) is 112 cm³/mol. The second kappa shape index (κ2) is 6.86. The molecule has 1 aliphatic rings. The van der Waals surface area contributed by atoms with Crippen LogP contribution in [0.25, 0.3) is 11.4 Å². The summed E-state index contributed by atoms with van der Waals surface area (Å²) in [6.45, 7) is 7.26. The van der Waals surface area contributed by atoms with Gasteiger partial charge in [-0.1, -0.05) is 35.9 Å². The van der Waals surface area contributed by atoms with Crippen LogP contribution in [0.2, 0.25) is 5.02 Å². The van der Waals surface area contributed by atoms with Crippen molar-refractivity contribution in [1.29, 1.82) is 0 Å². The number of nitrogens with two attached hydrogens (primary N) is 1. The molecule has 0 saturated heterocycles. The highest BCUT2D eigenvalue weighted by atomic mass is 35.5. The Morgan fingerprint density at radius 3 is 2.74 bits per heavy atom. The molecule has 2 N–H and O–H groups in total. The van der Waals surface area contributed by atoms with E-state index in [2.05, 4.69) is 54.9 Å². The third kappa shape index (κ3) is 3.26. The van der Waals surface area contributed by atoms with E-state index in [1.165, 1.54) is 22.3 Å². The van der Waals surface area contributed by atoms with Crippen LogP contribution < -0.4 is 10.6 Å². The van der Waals surface area contributed by atoms with Gasteiger partial charge in [-0.25, -0.2) is 9.97 Å². The minimum Gasteiger partial charge on any atom is -0.384 e. The number of anilines is 2. The highest BCUT2D eigenvalue weighted by Gasteiger charge is 2.26. The van der Waals surface area contributed by atoms with Crippen LogP contribution in [0.5, 0.6) is 0 Å². The van der Waals surface area contributed by atoms with Gasteiger partial charge < -0.3 is 10.6 Å². The second-order valence-electron chi connectivity index (χ2n) is 7.18. The smallest absolute Gasteiger partial charge is 0.164 e. The summed E-state index contributed by atoms with van der Waals surface area (Å²) in [5, 5.41) is 0.790. The van der Waals surface area contributed by atoms with E-state index in [1.807, 2.05) is 18.2 Å². The molecule has 1 atom stereocenters. The number of nitrogen functional groups attached to an aromatic ring is 1. The molecule has 0 radical (unpaired) electrons. The van der Waals surface area contributed by atoms with Gasteiger partial charge in [0.15, 0.2) is 5.82 Å². The fourth-order valence-corrected chi connectivity index (χ4v) is 4.02. The van der Waals surface area contributed by atoms with Crippen LogP contribution in [0.1, 0.15) is 35.2 Å². The molecule has 0 saturated carbocycles. The number of nitrogens with zero attached hydrogens (tertiary/aromatic N) is 3. The molecule has 1 unspecified atom stereocenters. The lowest BCUT2D eigenvalue weighted by molar-refractivity contribution is 0.617. The summed E-state index contributed by atoms with van der Waals surface area (Å²) < 4.78 is 0. The summed E-state index contributed by atoms with van der Waals surface area (Å²) in [6, 6.07) is 14.4. The van der Waals surface area contributed by atoms with E-state index in [1.54, 1.807) is 0 Å². The molecule has 1 aliphatic heterocycles. The third-order valence-corrected chi connectivity index (χ3v) is 5.75. The molecule has 2 heterocycles. The zero-order chi connectivity index (χ0) is 19.1. The molecule has 2 aromatic carbocycles. The van der Waals surface area contributed by atoms with Crippen molar-refractivity contribution < 1.29 is 0 Å². The molecule has 3 aromatic rings. The van der Waals surface area contributed by atoms with Crippen LogP contribution >= 0.6 is 11.6 Å². The molecule has 0 fully saturated rings. The van der Waals surface area contributed by atoms with Crippen molar-refractivity contribution in [3.05, 3.63) is 69.7 Å². The number of aromatic nitrogens is 2. The molecule has 0 aliphatic carbocycles. The average Bonchev–Trinajstić information content (AvgIpc) is 2.63. The molecule has 0 amide bonds. The first-order valence-electron chi connectivity index (χ1n) is 9.20. The number of aryl methyl sites for hydroxylation is 1. The molecular weight excluding hydrogens is 356 g/mol. The third-order valence-electron chi connectivity index (χ3n) is 5.52. The summed E-state index contributed by atoms with van der Waals surface area (Å²) in [7, 11) is 0. The van der Waals surface area contributed by atoms with E-state index in [0.29, 0.717) is 11.6 Å². The SMILES string of the molecule is Cc1cccc(-c2nc(N)cc(N3CCc4cc(Cl)ccc4C3C)n2)c1C. The Balaban J connectivity index is 1.76. The van der Waals surface area contributed by atoms with Crippen molar-refractivity contribution in [2.45, 2.75) is 33.2 Å². The quantitative estimate of drug-likeness (QED) is 0.672. The number of hydrogen-bond acceptors (Lipinski definition) is 4. The van der Waals surface area contributed by atoms with Crippen molar-refractivity contribution in [2.24, 2.45) is 0 Å².